The molecule has 5 heteroatoms. The van der Waals surface area contributed by atoms with Gasteiger partial charge in [-0.2, -0.15) is 13.2 Å². The zero-order chi connectivity index (χ0) is 13.2. The molecule has 1 aliphatic rings. The second-order valence-corrected chi connectivity index (χ2v) is 4.49. The average molecular weight is 257 g/mol. The number of carbonyl (C=O) groups is 1. The maximum absolute atomic E-state index is 12.8. The van der Waals surface area contributed by atoms with Gasteiger partial charge in [-0.1, -0.05) is 18.2 Å². The van der Waals surface area contributed by atoms with Gasteiger partial charge in [-0.15, -0.1) is 0 Å². The minimum atomic E-state index is -4.40. The Morgan fingerprint density at radius 2 is 2.06 bits per heavy atom. The third-order valence-electron chi connectivity index (χ3n) is 3.20. The third kappa shape index (κ3) is 2.90. The molecule has 1 N–H and O–H groups in total. The summed E-state index contributed by atoms with van der Waals surface area (Å²) in [6, 6.07) is 5.28. The predicted molar refractivity (Wildman–Crippen MR) is 61.1 cm³/mol. The molecule has 2 rings (SSSR count). The lowest BCUT2D eigenvalue weighted by atomic mass is 9.94. The fourth-order valence-electron chi connectivity index (χ4n) is 2.21. The van der Waals surface area contributed by atoms with Crippen molar-refractivity contribution in [2.75, 3.05) is 13.1 Å². The van der Waals surface area contributed by atoms with Crippen LogP contribution in [0.2, 0.25) is 0 Å². The Kier molecular flexibility index (Phi) is 3.71. The van der Waals surface area contributed by atoms with Gasteiger partial charge in [0, 0.05) is 18.9 Å². The lowest BCUT2D eigenvalue weighted by Crippen LogP contribution is -2.21. The van der Waals surface area contributed by atoms with Crippen LogP contribution in [-0.2, 0) is 17.4 Å². The normalized spacial score (nSPS) is 20.1. The zero-order valence-electron chi connectivity index (χ0n) is 9.76. The summed E-state index contributed by atoms with van der Waals surface area (Å²) in [5.41, 5.74) is -0.633. The highest BCUT2D eigenvalue weighted by molar-refractivity contribution is 5.84. The Bertz CT molecular complexity index is 436. The molecule has 0 radical (unpaired) electrons. The van der Waals surface area contributed by atoms with Crippen LogP contribution in [0.25, 0.3) is 0 Å². The average Bonchev–Trinajstić information content (AvgIpc) is 2.81. The van der Waals surface area contributed by atoms with Gasteiger partial charge in [0.1, 0.15) is 5.78 Å². The summed E-state index contributed by atoms with van der Waals surface area (Å²) in [7, 11) is 0. The van der Waals surface area contributed by atoms with Gasteiger partial charge in [0.05, 0.1) is 5.56 Å². The van der Waals surface area contributed by atoms with Crippen molar-refractivity contribution < 1.29 is 18.0 Å². The maximum atomic E-state index is 12.8. The second-order valence-electron chi connectivity index (χ2n) is 4.49. The summed E-state index contributed by atoms with van der Waals surface area (Å²) in [4.78, 5) is 11.9. The van der Waals surface area contributed by atoms with Crippen LogP contribution in [0, 0.1) is 5.92 Å². The first-order valence-corrected chi connectivity index (χ1v) is 5.87. The van der Waals surface area contributed by atoms with Gasteiger partial charge in [-0.05, 0) is 24.6 Å². The number of Topliss-reactive ketones (excluding diaryl/α,β-unsaturated/α-hetero) is 1. The summed E-state index contributed by atoms with van der Waals surface area (Å²) in [5.74, 6) is -0.261. The number of hydrogen-bond donors (Lipinski definition) is 1. The first-order chi connectivity index (χ1) is 8.48. The van der Waals surface area contributed by atoms with E-state index in [2.05, 4.69) is 5.32 Å². The number of nitrogens with one attached hydrogen (secondary N) is 1. The molecule has 98 valence electrons. The summed E-state index contributed by atoms with van der Waals surface area (Å²) in [6.07, 6.45) is -3.82. The molecule has 2 nitrogen and oxygen atoms in total. The van der Waals surface area contributed by atoms with Crippen LogP contribution in [0.4, 0.5) is 13.2 Å². The minimum Gasteiger partial charge on any atom is -0.316 e. The first-order valence-electron chi connectivity index (χ1n) is 5.87. The quantitative estimate of drug-likeness (QED) is 0.901. The molecule has 1 saturated heterocycles. The number of carbonyl (C=O) groups excluding carboxylic acids is 1. The Morgan fingerprint density at radius 1 is 1.33 bits per heavy atom. The molecule has 0 spiro atoms. The number of alkyl halides is 3. The van der Waals surface area contributed by atoms with Crippen LogP contribution in [0.5, 0.6) is 0 Å². The number of ketones is 1. The predicted octanol–water partition coefficient (Wildman–Crippen LogP) is 2.43. The molecule has 0 aliphatic carbocycles. The highest BCUT2D eigenvalue weighted by atomic mass is 19.4. The van der Waals surface area contributed by atoms with E-state index in [-0.39, 0.29) is 23.7 Å². The molecule has 1 fully saturated rings. The highest BCUT2D eigenvalue weighted by Crippen LogP contribution is 2.32. The van der Waals surface area contributed by atoms with Crippen LogP contribution in [-0.4, -0.2) is 18.9 Å². The van der Waals surface area contributed by atoms with Crippen LogP contribution < -0.4 is 5.32 Å². The Balaban J connectivity index is 2.16. The van der Waals surface area contributed by atoms with Crippen molar-refractivity contribution in [1.29, 1.82) is 0 Å². The summed E-state index contributed by atoms with van der Waals surface area (Å²) < 4.78 is 38.3. The number of benzene rings is 1. The lowest BCUT2D eigenvalue weighted by Gasteiger charge is -2.13. The SMILES string of the molecule is O=C(Cc1ccccc1C(F)(F)F)C1CCNC1. The third-order valence-corrected chi connectivity index (χ3v) is 3.20. The van der Waals surface area contributed by atoms with Crippen molar-refractivity contribution in [1.82, 2.24) is 5.32 Å². The topological polar surface area (TPSA) is 29.1 Å². The first kappa shape index (κ1) is 13.1. The van der Waals surface area contributed by atoms with E-state index >= 15 is 0 Å². The molecule has 1 heterocycles. The highest BCUT2D eigenvalue weighted by Gasteiger charge is 2.34. The van der Waals surface area contributed by atoms with E-state index in [0.717, 1.165) is 12.6 Å². The fourth-order valence-corrected chi connectivity index (χ4v) is 2.21. The smallest absolute Gasteiger partial charge is 0.316 e. The van der Waals surface area contributed by atoms with E-state index in [1.54, 1.807) is 0 Å². The molecule has 18 heavy (non-hydrogen) atoms. The number of halogens is 3. The van der Waals surface area contributed by atoms with E-state index in [0.29, 0.717) is 13.0 Å². The van der Waals surface area contributed by atoms with Gasteiger partial charge in [-0.3, -0.25) is 4.79 Å². The van der Waals surface area contributed by atoms with E-state index in [1.165, 1.54) is 18.2 Å². The largest absolute Gasteiger partial charge is 0.416 e. The molecular formula is C13H14F3NO. The minimum absolute atomic E-state index is 0.0712. The number of hydrogen-bond acceptors (Lipinski definition) is 2. The second kappa shape index (κ2) is 5.10. The molecule has 1 aromatic rings. The van der Waals surface area contributed by atoms with Crippen LogP contribution >= 0.6 is 0 Å². The molecule has 0 saturated carbocycles. The van der Waals surface area contributed by atoms with Gasteiger partial charge in [-0.25, -0.2) is 0 Å². The fraction of sp³-hybridized carbons (Fsp3) is 0.462. The van der Waals surface area contributed by atoms with Crippen LogP contribution in [0.15, 0.2) is 24.3 Å². The molecule has 1 aliphatic heterocycles. The molecular weight excluding hydrogens is 243 g/mol. The zero-order valence-corrected chi connectivity index (χ0v) is 9.76. The lowest BCUT2D eigenvalue weighted by molar-refractivity contribution is -0.138. The van der Waals surface area contributed by atoms with Crippen molar-refractivity contribution in [3.8, 4) is 0 Å². The summed E-state index contributed by atoms with van der Waals surface area (Å²) in [5, 5.41) is 3.04. The summed E-state index contributed by atoms with van der Waals surface area (Å²) in [6.45, 7) is 1.34. The van der Waals surface area contributed by atoms with Gasteiger partial charge < -0.3 is 5.32 Å². The maximum Gasteiger partial charge on any atom is 0.416 e. The molecule has 0 amide bonds. The van der Waals surface area contributed by atoms with E-state index in [4.69, 9.17) is 0 Å². The standard InChI is InChI=1S/C13H14F3NO/c14-13(15,16)11-4-2-1-3-9(11)7-12(18)10-5-6-17-8-10/h1-4,10,17H,5-8H2. The Morgan fingerprint density at radius 3 is 2.67 bits per heavy atom. The van der Waals surface area contributed by atoms with Gasteiger partial charge >= 0.3 is 6.18 Å². The summed E-state index contributed by atoms with van der Waals surface area (Å²) >= 11 is 0. The van der Waals surface area contributed by atoms with Crippen molar-refractivity contribution in [3.63, 3.8) is 0 Å². The van der Waals surface area contributed by atoms with Crippen molar-refractivity contribution in [3.05, 3.63) is 35.4 Å². The Hall–Kier alpha value is -1.36. The van der Waals surface area contributed by atoms with Crippen molar-refractivity contribution >= 4 is 5.78 Å². The molecule has 1 atom stereocenters. The van der Waals surface area contributed by atoms with E-state index < -0.39 is 11.7 Å². The molecule has 0 aromatic heterocycles. The van der Waals surface area contributed by atoms with Gasteiger partial charge in [0.2, 0.25) is 0 Å². The van der Waals surface area contributed by atoms with Crippen LogP contribution in [0.3, 0.4) is 0 Å². The van der Waals surface area contributed by atoms with Crippen LogP contribution in [0.1, 0.15) is 17.5 Å². The number of rotatable bonds is 3. The van der Waals surface area contributed by atoms with E-state index in [1.807, 2.05) is 0 Å². The van der Waals surface area contributed by atoms with Crippen molar-refractivity contribution in [2.45, 2.75) is 19.0 Å². The molecule has 0 bridgehead atoms. The monoisotopic (exact) mass is 257 g/mol. The van der Waals surface area contributed by atoms with Gasteiger partial charge in [0.15, 0.2) is 0 Å². The van der Waals surface area contributed by atoms with E-state index in [9.17, 15) is 18.0 Å². The Labute approximate surface area is 103 Å². The van der Waals surface area contributed by atoms with Crippen molar-refractivity contribution in [2.24, 2.45) is 5.92 Å². The van der Waals surface area contributed by atoms with Gasteiger partial charge in [0.25, 0.3) is 0 Å². The molecule has 1 aromatic carbocycles. The molecule has 1 unspecified atom stereocenters.